The van der Waals surface area contributed by atoms with Gasteiger partial charge in [0, 0.05) is 41.5 Å². The van der Waals surface area contributed by atoms with E-state index in [-0.39, 0.29) is 6.61 Å². The molecule has 3 aromatic carbocycles. The lowest BCUT2D eigenvalue weighted by Gasteiger charge is -2.29. The molecule has 0 unspecified atom stereocenters. The molecule has 0 amide bonds. The van der Waals surface area contributed by atoms with Crippen LogP contribution >= 0.6 is 34.8 Å². The van der Waals surface area contributed by atoms with Crippen LogP contribution in [0.1, 0.15) is 11.1 Å². The first-order chi connectivity index (χ1) is 15.5. The van der Waals surface area contributed by atoms with Gasteiger partial charge in [-0.15, -0.1) is 0 Å². The van der Waals surface area contributed by atoms with Crippen molar-refractivity contribution in [2.45, 2.75) is 13.2 Å². The van der Waals surface area contributed by atoms with E-state index in [0.29, 0.717) is 46.1 Å². The molecule has 8 heteroatoms. The van der Waals surface area contributed by atoms with E-state index in [1.807, 2.05) is 24.3 Å². The summed E-state index contributed by atoms with van der Waals surface area (Å²) in [7, 11) is 0. The molecule has 4 nitrogen and oxygen atoms in total. The van der Waals surface area contributed by atoms with Crippen LogP contribution in [-0.2, 0) is 17.9 Å². The largest absolute Gasteiger partial charge is 0.488 e. The Balaban J connectivity index is 1.45. The van der Waals surface area contributed by atoms with Gasteiger partial charge in [-0.1, -0.05) is 40.9 Å². The van der Waals surface area contributed by atoms with Crippen LogP contribution in [0.3, 0.4) is 0 Å². The Morgan fingerprint density at radius 2 is 1.78 bits per heavy atom. The highest BCUT2D eigenvalue weighted by Gasteiger charge is 2.15. The summed E-state index contributed by atoms with van der Waals surface area (Å²) in [6.07, 6.45) is 0. The molecule has 1 aliphatic rings. The number of halogens is 4. The van der Waals surface area contributed by atoms with Crippen molar-refractivity contribution in [1.29, 1.82) is 0 Å². The van der Waals surface area contributed by atoms with Gasteiger partial charge in [0.1, 0.15) is 18.2 Å². The van der Waals surface area contributed by atoms with Crippen LogP contribution < -0.4 is 15.0 Å². The van der Waals surface area contributed by atoms with Crippen LogP contribution in [-0.4, -0.2) is 26.3 Å². The first-order valence-electron chi connectivity index (χ1n) is 10.2. The molecule has 1 saturated heterocycles. The van der Waals surface area contributed by atoms with E-state index >= 15 is 0 Å². The van der Waals surface area contributed by atoms with Gasteiger partial charge in [0.15, 0.2) is 0 Å². The predicted octanol–water partition coefficient (Wildman–Crippen LogP) is 6.81. The van der Waals surface area contributed by atoms with Gasteiger partial charge in [0.05, 0.1) is 28.9 Å². The molecule has 0 saturated carbocycles. The van der Waals surface area contributed by atoms with Gasteiger partial charge >= 0.3 is 0 Å². The molecule has 0 aromatic heterocycles. The average molecular weight is 496 g/mol. The molecule has 0 aliphatic carbocycles. The maximum absolute atomic E-state index is 14.1. The Kier molecular flexibility index (Phi) is 7.63. The fraction of sp³-hybridized carbons (Fsp3) is 0.250. The van der Waals surface area contributed by atoms with Crippen molar-refractivity contribution >= 4 is 46.2 Å². The topological polar surface area (TPSA) is 33.7 Å². The van der Waals surface area contributed by atoms with Gasteiger partial charge in [-0.05, 0) is 48.5 Å². The van der Waals surface area contributed by atoms with Crippen LogP contribution in [0.25, 0.3) is 0 Å². The van der Waals surface area contributed by atoms with Crippen molar-refractivity contribution in [3.63, 3.8) is 0 Å². The van der Waals surface area contributed by atoms with Crippen LogP contribution in [0, 0.1) is 5.82 Å². The van der Waals surface area contributed by atoms with Gasteiger partial charge in [-0.25, -0.2) is 4.39 Å². The minimum Gasteiger partial charge on any atom is -0.488 e. The van der Waals surface area contributed by atoms with Crippen molar-refractivity contribution in [3.05, 3.63) is 86.6 Å². The maximum Gasteiger partial charge on any atom is 0.131 e. The molecule has 0 atom stereocenters. The Hall–Kier alpha value is -2.18. The van der Waals surface area contributed by atoms with Gasteiger partial charge in [0.25, 0.3) is 0 Å². The molecular weight excluding hydrogens is 474 g/mol. The second kappa shape index (κ2) is 10.6. The molecule has 4 rings (SSSR count). The molecule has 1 heterocycles. The highest BCUT2D eigenvalue weighted by molar-refractivity contribution is 6.33. The lowest BCUT2D eigenvalue weighted by Crippen LogP contribution is -2.36. The highest BCUT2D eigenvalue weighted by Crippen LogP contribution is 2.31. The van der Waals surface area contributed by atoms with E-state index in [4.69, 9.17) is 44.3 Å². The summed E-state index contributed by atoms with van der Waals surface area (Å²) in [5, 5.41) is 4.94. The van der Waals surface area contributed by atoms with Crippen molar-refractivity contribution in [2.75, 3.05) is 36.5 Å². The summed E-state index contributed by atoms with van der Waals surface area (Å²) in [5.41, 5.74) is 3.01. The zero-order chi connectivity index (χ0) is 22.5. The molecule has 0 radical (unpaired) electrons. The fourth-order valence-electron chi connectivity index (χ4n) is 3.52. The third-order valence-electron chi connectivity index (χ3n) is 5.24. The van der Waals surface area contributed by atoms with Gasteiger partial charge in [-0.2, -0.15) is 0 Å². The standard InChI is InChI=1S/C24H22Cl3FN2O2/c25-17-4-7-24(32-15-19-20(26)2-1-3-22(19)28)16(12-17)14-29-18-5-6-23(21(27)13-18)30-8-10-31-11-9-30/h1-7,12-13,29H,8-11,14-15H2. The summed E-state index contributed by atoms with van der Waals surface area (Å²) >= 11 is 18.8. The highest BCUT2D eigenvalue weighted by atomic mass is 35.5. The molecule has 0 bridgehead atoms. The van der Waals surface area contributed by atoms with Crippen molar-refractivity contribution < 1.29 is 13.9 Å². The number of morpholine rings is 1. The normalized spacial score (nSPS) is 13.8. The van der Waals surface area contributed by atoms with Gasteiger partial charge < -0.3 is 19.7 Å². The van der Waals surface area contributed by atoms with Crippen LogP contribution in [0.15, 0.2) is 54.6 Å². The van der Waals surface area contributed by atoms with E-state index < -0.39 is 5.82 Å². The van der Waals surface area contributed by atoms with Crippen molar-refractivity contribution in [3.8, 4) is 5.75 Å². The van der Waals surface area contributed by atoms with E-state index in [9.17, 15) is 4.39 Å². The molecule has 1 N–H and O–H groups in total. The molecular formula is C24H22Cl3FN2O2. The quantitative estimate of drug-likeness (QED) is 0.390. The lowest BCUT2D eigenvalue weighted by molar-refractivity contribution is 0.122. The SMILES string of the molecule is Fc1cccc(Cl)c1COc1ccc(Cl)cc1CNc1ccc(N2CCOCC2)c(Cl)c1. The monoisotopic (exact) mass is 494 g/mol. The summed E-state index contributed by atoms with van der Waals surface area (Å²) in [5.74, 6) is 0.193. The average Bonchev–Trinajstić information content (AvgIpc) is 2.79. The van der Waals surface area contributed by atoms with Gasteiger partial charge in [0.2, 0.25) is 0 Å². The summed E-state index contributed by atoms with van der Waals surface area (Å²) in [6.45, 7) is 3.51. The Morgan fingerprint density at radius 1 is 0.969 bits per heavy atom. The van der Waals surface area contributed by atoms with E-state index in [1.54, 1.807) is 24.3 Å². The summed E-state index contributed by atoms with van der Waals surface area (Å²) in [4.78, 5) is 2.21. The number of benzene rings is 3. The second-order valence-corrected chi connectivity index (χ2v) is 8.61. The van der Waals surface area contributed by atoms with Crippen LogP contribution in [0.2, 0.25) is 15.1 Å². The van der Waals surface area contributed by atoms with Gasteiger partial charge in [-0.3, -0.25) is 0 Å². The minimum atomic E-state index is -0.402. The smallest absolute Gasteiger partial charge is 0.131 e. The predicted molar refractivity (Wildman–Crippen MR) is 129 cm³/mol. The number of nitrogens with zero attached hydrogens (tertiary/aromatic N) is 1. The lowest BCUT2D eigenvalue weighted by atomic mass is 10.1. The Morgan fingerprint density at radius 3 is 2.53 bits per heavy atom. The third-order valence-corrected chi connectivity index (χ3v) is 6.13. The molecule has 1 aliphatic heterocycles. The molecule has 168 valence electrons. The van der Waals surface area contributed by atoms with E-state index in [1.165, 1.54) is 6.07 Å². The first kappa shape index (κ1) is 23.0. The van der Waals surface area contributed by atoms with Crippen LogP contribution in [0.4, 0.5) is 15.8 Å². The van der Waals surface area contributed by atoms with Crippen molar-refractivity contribution in [2.24, 2.45) is 0 Å². The summed E-state index contributed by atoms with van der Waals surface area (Å²) < 4.78 is 25.4. The number of anilines is 2. The third kappa shape index (κ3) is 5.59. The molecule has 1 fully saturated rings. The van der Waals surface area contributed by atoms with Crippen molar-refractivity contribution in [1.82, 2.24) is 0 Å². The Bertz CT molecular complexity index is 1070. The summed E-state index contributed by atoms with van der Waals surface area (Å²) in [6, 6.07) is 15.8. The van der Waals surface area contributed by atoms with Crippen LogP contribution in [0.5, 0.6) is 5.75 Å². The maximum atomic E-state index is 14.1. The molecule has 32 heavy (non-hydrogen) atoms. The number of nitrogens with one attached hydrogen (secondary N) is 1. The number of ether oxygens (including phenoxy) is 2. The Labute approximate surface area is 201 Å². The first-order valence-corrected chi connectivity index (χ1v) is 11.3. The zero-order valence-electron chi connectivity index (χ0n) is 17.2. The zero-order valence-corrected chi connectivity index (χ0v) is 19.5. The fourth-order valence-corrected chi connectivity index (χ4v) is 4.23. The minimum absolute atomic E-state index is 0.0141. The number of rotatable bonds is 7. The molecule has 0 spiro atoms. The number of hydrogen-bond donors (Lipinski definition) is 1. The number of hydrogen-bond acceptors (Lipinski definition) is 4. The molecule has 3 aromatic rings. The van der Waals surface area contributed by atoms with E-state index in [0.717, 1.165) is 30.0 Å². The van der Waals surface area contributed by atoms with E-state index in [2.05, 4.69) is 10.2 Å². The second-order valence-electron chi connectivity index (χ2n) is 7.36.